The molecule has 190 valence electrons. The number of hydrogen-bond donors (Lipinski definition) is 1. The van der Waals surface area contributed by atoms with Crippen LogP contribution in [0.25, 0.3) is 16.9 Å². The van der Waals surface area contributed by atoms with E-state index in [4.69, 9.17) is 4.74 Å². The van der Waals surface area contributed by atoms with Crippen LogP contribution in [0, 0.1) is 11.7 Å². The van der Waals surface area contributed by atoms with E-state index in [2.05, 4.69) is 10.4 Å². The number of para-hydroxylation sites is 1. The predicted octanol–water partition coefficient (Wildman–Crippen LogP) is 5.18. The predicted molar refractivity (Wildman–Crippen MR) is 141 cm³/mol. The second-order valence-electron chi connectivity index (χ2n) is 8.99. The van der Waals surface area contributed by atoms with Gasteiger partial charge in [-0.15, -0.1) is 0 Å². The molecule has 0 aliphatic heterocycles. The summed E-state index contributed by atoms with van der Waals surface area (Å²) in [6.07, 6.45) is 0. The van der Waals surface area contributed by atoms with E-state index in [1.807, 2.05) is 62.4 Å². The van der Waals surface area contributed by atoms with E-state index in [0.29, 0.717) is 29.5 Å². The average Bonchev–Trinajstić information content (AvgIpc) is 3.31. The maximum atomic E-state index is 13.5. The number of amides is 2. The van der Waals surface area contributed by atoms with Crippen molar-refractivity contribution in [2.75, 3.05) is 25.0 Å². The zero-order chi connectivity index (χ0) is 26.2. The van der Waals surface area contributed by atoms with Gasteiger partial charge in [-0.25, -0.2) is 9.07 Å². The molecule has 0 saturated carbocycles. The topological polar surface area (TPSA) is 76.5 Å². The van der Waals surface area contributed by atoms with Gasteiger partial charge in [-0.1, -0.05) is 62.4 Å². The Morgan fingerprint density at radius 1 is 0.973 bits per heavy atom. The van der Waals surface area contributed by atoms with Crippen LogP contribution in [0.5, 0.6) is 5.75 Å². The van der Waals surface area contributed by atoms with Crippen LogP contribution in [0.15, 0.2) is 91.0 Å². The number of nitrogens with zero attached hydrogens (tertiary/aromatic N) is 3. The van der Waals surface area contributed by atoms with E-state index >= 15 is 0 Å². The van der Waals surface area contributed by atoms with Gasteiger partial charge in [0.25, 0.3) is 5.91 Å². The van der Waals surface area contributed by atoms with Crippen molar-refractivity contribution in [1.29, 1.82) is 0 Å². The molecule has 4 aromatic rings. The minimum Gasteiger partial charge on any atom is -0.484 e. The maximum Gasteiger partial charge on any atom is 0.260 e. The van der Waals surface area contributed by atoms with Crippen molar-refractivity contribution < 1.29 is 18.7 Å². The Kier molecular flexibility index (Phi) is 8.30. The molecule has 4 rings (SSSR count). The third-order valence-electron chi connectivity index (χ3n) is 5.50. The lowest BCUT2D eigenvalue weighted by atomic mass is 10.1. The molecular formula is C29H29FN4O3. The van der Waals surface area contributed by atoms with E-state index in [0.717, 1.165) is 5.56 Å². The largest absolute Gasteiger partial charge is 0.484 e. The molecule has 2 amide bonds. The fourth-order valence-electron chi connectivity index (χ4n) is 3.80. The number of ether oxygens (including phenoxy) is 1. The van der Waals surface area contributed by atoms with Gasteiger partial charge in [0, 0.05) is 18.2 Å². The summed E-state index contributed by atoms with van der Waals surface area (Å²) < 4.78 is 20.7. The van der Waals surface area contributed by atoms with Crippen molar-refractivity contribution in [2.24, 2.45) is 5.92 Å². The van der Waals surface area contributed by atoms with Crippen LogP contribution in [0.1, 0.15) is 13.8 Å². The van der Waals surface area contributed by atoms with Crippen LogP contribution in [0.2, 0.25) is 0 Å². The van der Waals surface area contributed by atoms with Crippen molar-refractivity contribution >= 4 is 17.6 Å². The second-order valence-corrected chi connectivity index (χ2v) is 8.99. The van der Waals surface area contributed by atoms with Crippen LogP contribution in [0.3, 0.4) is 0 Å². The lowest BCUT2D eigenvalue weighted by molar-refractivity contribution is -0.137. The van der Waals surface area contributed by atoms with Gasteiger partial charge in [-0.2, -0.15) is 5.10 Å². The zero-order valence-electron chi connectivity index (χ0n) is 20.8. The van der Waals surface area contributed by atoms with Gasteiger partial charge in [-0.05, 0) is 42.3 Å². The van der Waals surface area contributed by atoms with Crippen LogP contribution in [-0.4, -0.2) is 46.2 Å². The molecule has 1 aromatic heterocycles. The van der Waals surface area contributed by atoms with Crippen LogP contribution < -0.4 is 10.1 Å². The summed E-state index contributed by atoms with van der Waals surface area (Å²) in [5, 5.41) is 7.52. The highest BCUT2D eigenvalue weighted by Gasteiger charge is 2.21. The molecule has 0 aliphatic rings. The SMILES string of the molecule is CC(C)CN(CC(=O)Nc1cc(-c2ccccc2)nn1-c1ccc(F)cc1)C(=O)COc1ccccc1. The zero-order valence-corrected chi connectivity index (χ0v) is 20.8. The Bertz CT molecular complexity index is 1320. The van der Waals surface area contributed by atoms with Crippen molar-refractivity contribution in [3.63, 3.8) is 0 Å². The number of nitrogens with one attached hydrogen (secondary N) is 1. The molecule has 1 N–H and O–H groups in total. The average molecular weight is 501 g/mol. The first-order valence-corrected chi connectivity index (χ1v) is 12.1. The number of carbonyl (C=O) groups is 2. The van der Waals surface area contributed by atoms with Gasteiger partial charge in [0.2, 0.25) is 5.91 Å². The van der Waals surface area contributed by atoms with Gasteiger partial charge < -0.3 is 15.0 Å². The summed E-state index contributed by atoms with van der Waals surface area (Å²) in [7, 11) is 0. The number of benzene rings is 3. The molecule has 0 aliphatic carbocycles. The number of hydrogen-bond acceptors (Lipinski definition) is 4. The van der Waals surface area contributed by atoms with E-state index in [1.54, 1.807) is 35.0 Å². The van der Waals surface area contributed by atoms with Crippen molar-refractivity contribution in [1.82, 2.24) is 14.7 Å². The number of rotatable bonds is 10. The van der Waals surface area contributed by atoms with Crippen LogP contribution in [0.4, 0.5) is 10.2 Å². The fraction of sp³-hybridized carbons (Fsp3) is 0.207. The number of halogens is 1. The van der Waals surface area contributed by atoms with Crippen LogP contribution in [-0.2, 0) is 9.59 Å². The van der Waals surface area contributed by atoms with E-state index in [-0.39, 0.29) is 36.7 Å². The number of aromatic nitrogens is 2. The monoisotopic (exact) mass is 500 g/mol. The molecule has 3 aromatic carbocycles. The Balaban J connectivity index is 1.52. The molecule has 0 radical (unpaired) electrons. The molecule has 0 unspecified atom stereocenters. The highest BCUT2D eigenvalue weighted by atomic mass is 19.1. The molecule has 0 saturated heterocycles. The Labute approximate surface area is 215 Å². The molecule has 0 spiro atoms. The summed E-state index contributed by atoms with van der Waals surface area (Å²) in [6, 6.07) is 26.2. The minimum absolute atomic E-state index is 0.148. The molecular weight excluding hydrogens is 471 g/mol. The highest BCUT2D eigenvalue weighted by Crippen LogP contribution is 2.25. The Morgan fingerprint density at radius 3 is 2.27 bits per heavy atom. The van der Waals surface area contributed by atoms with E-state index in [1.165, 1.54) is 17.0 Å². The van der Waals surface area contributed by atoms with E-state index < -0.39 is 0 Å². The van der Waals surface area contributed by atoms with Gasteiger partial charge in [0.1, 0.15) is 23.9 Å². The smallest absolute Gasteiger partial charge is 0.260 e. The summed E-state index contributed by atoms with van der Waals surface area (Å²) in [5.41, 5.74) is 2.10. The quantitative estimate of drug-likeness (QED) is 0.326. The summed E-state index contributed by atoms with van der Waals surface area (Å²) in [6.45, 7) is 4.04. The molecule has 0 atom stereocenters. The summed E-state index contributed by atoms with van der Waals surface area (Å²) in [5.74, 6) is 0.115. The maximum absolute atomic E-state index is 13.5. The fourth-order valence-corrected chi connectivity index (χ4v) is 3.80. The second kappa shape index (κ2) is 12.0. The van der Waals surface area contributed by atoms with Crippen LogP contribution >= 0.6 is 0 Å². The molecule has 7 nitrogen and oxygen atoms in total. The van der Waals surface area contributed by atoms with Gasteiger partial charge in [-0.3, -0.25) is 9.59 Å². The lowest BCUT2D eigenvalue weighted by Crippen LogP contribution is -2.42. The summed E-state index contributed by atoms with van der Waals surface area (Å²) >= 11 is 0. The Morgan fingerprint density at radius 2 is 1.62 bits per heavy atom. The molecule has 8 heteroatoms. The third kappa shape index (κ3) is 7.04. The standard InChI is InChI=1S/C29H29FN4O3/c1-21(2)18-33(29(36)20-37-25-11-7-4-8-12-25)19-28(35)31-27-17-26(22-9-5-3-6-10-22)32-34(27)24-15-13-23(30)14-16-24/h3-17,21H,18-20H2,1-2H3,(H,31,35). The minimum atomic E-state index is -0.378. The molecule has 37 heavy (non-hydrogen) atoms. The summed E-state index contributed by atoms with van der Waals surface area (Å²) in [4.78, 5) is 27.5. The highest BCUT2D eigenvalue weighted by molar-refractivity contribution is 5.94. The lowest BCUT2D eigenvalue weighted by Gasteiger charge is -2.24. The van der Waals surface area contributed by atoms with E-state index in [9.17, 15) is 14.0 Å². The van der Waals surface area contributed by atoms with Gasteiger partial charge in [0.15, 0.2) is 6.61 Å². The van der Waals surface area contributed by atoms with Crippen molar-refractivity contribution in [2.45, 2.75) is 13.8 Å². The van der Waals surface area contributed by atoms with Crippen molar-refractivity contribution in [3.8, 4) is 22.7 Å². The van der Waals surface area contributed by atoms with Gasteiger partial charge >= 0.3 is 0 Å². The van der Waals surface area contributed by atoms with Gasteiger partial charge in [0.05, 0.1) is 11.4 Å². The third-order valence-corrected chi connectivity index (χ3v) is 5.50. The molecule has 0 bridgehead atoms. The normalized spacial score (nSPS) is 10.8. The first kappa shape index (κ1) is 25.6. The molecule has 0 fully saturated rings. The Hall–Kier alpha value is -4.46. The number of carbonyl (C=O) groups excluding carboxylic acids is 2. The molecule has 1 heterocycles. The first-order valence-electron chi connectivity index (χ1n) is 12.1. The van der Waals surface area contributed by atoms with Crippen molar-refractivity contribution in [3.05, 3.63) is 96.8 Å². The number of anilines is 1. The first-order chi connectivity index (χ1) is 17.9.